The number of thioether (sulfide) groups is 1. The summed E-state index contributed by atoms with van der Waals surface area (Å²) >= 11 is 1.54. The van der Waals surface area contributed by atoms with Gasteiger partial charge >= 0.3 is 0 Å². The van der Waals surface area contributed by atoms with Gasteiger partial charge in [-0.1, -0.05) is 87.1 Å². The third-order valence-corrected chi connectivity index (χ3v) is 6.51. The summed E-state index contributed by atoms with van der Waals surface area (Å²) in [5, 5.41) is 9.80. The third-order valence-electron chi connectivity index (χ3n) is 5.56. The SMILES string of the molecule is CC(C)(C)c1ccc(-c2nnc(SCc3ncc(-c4ccccc4)o3)n2Cc2ccco2)cc1. The lowest BCUT2D eigenvalue weighted by Gasteiger charge is -2.19. The zero-order chi connectivity index (χ0) is 23.5. The van der Waals surface area contributed by atoms with Gasteiger partial charge in [-0.25, -0.2) is 4.98 Å². The average molecular weight is 471 g/mol. The van der Waals surface area contributed by atoms with Gasteiger partial charge in [-0.05, 0) is 23.1 Å². The second kappa shape index (κ2) is 9.35. The molecule has 0 saturated heterocycles. The van der Waals surface area contributed by atoms with Gasteiger partial charge in [0.2, 0.25) is 5.89 Å². The molecule has 0 atom stereocenters. The van der Waals surface area contributed by atoms with Crippen molar-refractivity contribution in [3.63, 3.8) is 0 Å². The maximum atomic E-state index is 5.97. The molecule has 0 aliphatic carbocycles. The van der Waals surface area contributed by atoms with Gasteiger partial charge in [-0.15, -0.1) is 10.2 Å². The molecule has 172 valence electrons. The molecule has 0 unspecified atom stereocenters. The van der Waals surface area contributed by atoms with Gasteiger partial charge in [0.1, 0.15) is 5.76 Å². The van der Waals surface area contributed by atoms with E-state index >= 15 is 0 Å². The van der Waals surface area contributed by atoms with Gasteiger partial charge in [0.15, 0.2) is 16.7 Å². The molecule has 3 aromatic heterocycles. The molecule has 0 N–H and O–H groups in total. The molecule has 3 heterocycles. The Morgan fingerprint density at radius 1 is 0.882 bits per heavy atom. The molecule has 7 heteroatoms. The molecular formula is C27H26N4O2S. The van der Waals surface area contributed by atoms with Gasteiger partial charge in [-0.2, -0.15) is 0 Å². The van der Waals surface area contributed by atoms with Crippen molar-refractivity contribution in [1.82, 2.24) is 19.7 Å². The first-order chi connectivity index (χ1) is 16.5. The summed E-state index contributed by atoms with van der Waals surface area (Å²) < 4.78 is 13.7. The molecule has 0 bridgehead atoms. The van der Waals surface area contributed by atoms with E-state index in [4.69, 9.17) is 8.83 Å². The van der Waals surface area contributed by atoms with Crippen molar-refractivity contribution < 1.29 is 8.83 Å². The number of aromatic nitrogens is 4. The fourth-order valence-corrected chi connectivity index (χ4v) is 4.46. The number of rotatable bonds is 7. The Balaban J connectivity index is 1.40. The Bertz CT molecular complexity index is 1350. The summed E-state index contributed by atoms with van der Waals surface area (Å²) in [6.07, 6.45) is 3.45. The number of furan rings is 1. The quantitative estimate of drug-likeness (QED) is 0.243. The second-order valence-corrected chi connectivity index (χ2v) is 10.0. The van der Waals surface area contributed by atoms with E-state index in [0.29, 0.717) is 18.2 Å². The van der Waals surface area contributed by atoms with Crippen LogP contribution < -0.4 is 0 Å². The van der Waals surface area contributed by atoms with E-state index in [-0.39, 0.29) is 5.41 Å². The van der Waals surface area contributed by atoms with E-state index in [0.717, 1.165) is 33.6 Å². The summed E-state index contributed by atoms with van der Waals surface area (Å²) in [6, 6.07) is 22.4. The largest absolute Gasteiger partial charge is 0.467 e. The smallest absolute Gasteiger partial charge is 0.205 e. The van der Waals surface area contributed by atoms with Gasteiger partial charge in [0.05, 0.1) is 24.8 Å². The lowest BCUT2D eigenvalue weighted by Crippen LogP contribution is -2.10. The van der Waals surface area contributed by atoms with E-state index in [1.54, 1.807) is 24.2 Å². The van der Waals surface area contributed by atoms with Crippen LogP contribution >= 0.6 is 11.8 Å². The summed E-state index contributed by atoms with van der Waals surface area (Å²) in [5.74, 6) is 3.60. The van der Waals surface area contributed by atoms with E-state index in [1.807, 2.05) is 42.5 Å². The Morgan fingerprint density at radius 3 is 2.38 bits per heavy atom. The van der Waals surface area contributed by atoms with E-state index in [1.165, 1.54) is 5.56 Å². The standard InChI is InChI=1S/C27H26N4O2S/c1-27(2,3)21-13-11-20(12-14-21)25-29-30-26(31(25)17-22-10-7-15-32-22)34-18-24-28-16-23(33-24)19-8-5-4-6-9-19/h4-16H,17-18H2,1-3H3. The third kappa shape index (κ3) is 4.84. The van der Waals surface area contributed by atoms with Crippen LogP contribution in [0.2, 0.25) is 0 Å². The Morgan fingerprint density at radius 2 is 1.68 bits per heavy atom. The first-order valence-electron chi connectivity index (χ1n) is 11.2. The van der Waals surface area contributed by atoms with Gasteiger partial charge in [-0.3, -0.25) is 4.57 Å². The maximum Gasteiger partial charge on any atom is 0.205 e. The van der Waals surface area contributed by atoms with E-state index < -0.39 is 0 Å². The molecule has 5 rings (SSSR count). The highest BCUT2D eigenvalue weighted by atomic mass is 32.2. The minimum absolute atomic E-state index is 0.0933. The molecule has 0 fully saturated rings. The molecule has 6 nitrogen and oxygen atoms in total. The van der Waals surface area contributed by atoms with Crippen molar-refractivity contribution in [1.29, 1.82) is 0 Å². The van der Waals surface area contributed by atoms with Gasteiger partial charge in [0, 0.05) is 11.1 Å². The maximum absolute atomic E-state index is 5.97. The van der Waals surface area contributed by atoms with Crippen LogP contribution in [0.1, 0.15) is 38.0 Å². The van der Waals surface area contributed by atoms with Crippen molar-refractivity contribution >= 4 is 11.8 Å². The minimum Gasteiger partial charge on any atom is -0.467 e. The van der Waals surface area contributed by atoms with E-state index in [9.17, 15) is 0 Å². The highest BCUT2D eigenvalue weighted by molar-refractivity contribution is 7.98. The molecular weight excluding hydrogens is 444 g/mol. The number of benzene rings is 2. The number of nitrogens with zero attached hydrogens (tertiary/aromatic N) is 4. The lowest BCUT2D eigenvalue weighted by atomic mass is 9.87. The van der Waals surface area contributed by atoms with Crippen LogP contribution in [0.25, 0.3) is 22.7 Å². The van der Waals surface area contributed by atoms with Crippen molar-refractivity contribution in [2.24, 2.45) is 0 Å². The lowest BCUT2D eigenvalue weighted by molar-refractivity contribution is 0.485. The van der Waals surface area contributed by atoms with Gasteiger partial charge in [0.25, 0.3) is 0 Å². The Labute approximate surface area is 203 Å². The minimum atomic E-state index is 0.0933. The molecule has 0 spiro atoms. The molecule has 34 heavy (non-hydrogen) atoms. The Hall–Kier alpha value is -3.58. The molecule has 0 aliphatic heterocycles. The monoisotopic (exact) mass is 470 g/mol. The number of hydrogen-bond acceptors (Lipinski definition) is 6. The molecule has 2 aromatic carbocycles. The predicted molar refractivity (Wildman–Crippen MR) is 133 cm³/mol. The fourth-order valence-electron chi connectivity index (χ4n) is 3.67. The molecule has 0 radical (unpaired) electrons. The number of hydrogen-bond donors (Lipinski definition) is 0. The molecule has 0 saturated carbocycles. The molecule has 0 amide bonds. The van der Waals surface area contributed by atoms with Crippen LogP contribution in [0.4, 0.5) is 0 Å². The summed E-state index contributed by atoms with van der Waals surface area (Å²) in [6.45, 7) is 7.17. The van der Waals surface area contributed by atoms with Crippen LogP contribution in [0.5, 0.6) is 0 Å². The van der Waals surface area contributed by atoms with Crippen molar-refractivity contribution in [2.75, 3.05) is 0 Å². The summed E-state index contributed by atoms with van der Waals surface area (Å²) in [4.78, 5) is 4.45. The topological polar surface area (TPSA) is 69.9 Å². The number of oxazole rings is 1. The highest BCUT2D eigenvalue weighted by Crippen LogP contribution is 2.30. The van der Waals surface area contributed by atoms with Crippen LogP contribution in [0, 0.1) is 0 Å². The molecule has 0 aliphatic rings. The predicted octanol–water partition coefficient (Wildman–Crippen LogP) is 6.83. The first kappa shape index (κ1) is 22.2. The fraction of sp³-hybridized carbons (Fsp3) is 0.222. The van der Waals surface area contributed by atoms with Crippen LogP contribution in [-0.4, -0.2) is 19.7 Å². The normalized spacial score (nSPS) is 11.7. The van der Waals surface area contributed by atoms with E-state index in [2.05, 4.69) is 64.8 Å². The highest BCUT2D eigenvalue weighted by Gasteiger charge is 2.19. The Kier molecular flexibility index (Phi) is 6.11. The second-order valence-electron chi connectivity index (χ2n) is 9.07. The first-order valence-corrected chi connectivity index (χ1v) is 12.2. The van der Waals surface area contributed by atoms with Crippen LogP contribution in [0.15, 0.2) is 93.2 Å². The average Bonchev–Trinajstić information content (AvgIpc) is 3.60. The van der Waals surface area contributed by atoms with Crippen LogP contribution in [0.3, 0.4) is 0 Å². The van der Waals surface area contributed by atoms with Crippen molar-refractivity contribution in [2.45, 2.75) is 43.6 Å². The molecule has 5 aromatic rings. The summed E-state index contributed by atoms with van der Waals surface area (Å²) in [5.41, 5.74) is 3.39. The van der Waals surface area contributed by atoms with Gasteiger partial charge < -0.3 is 8.83 Å². The zero-order valence-corrected chi connectivity index (χ0v) is 20.2. The zero-order valence-electron chi connectivity index (χ0n) is 19.4. The van der Waals surface area contributed by atoms with Crippen molar-refractivity contribution in [3.05, 3.63) is 96.4 Å². The summed E-state index contributed by atoms with van der Waals surface area (Å²) in [7, 11) is 0. The van der Waals surface area contributed by atoms with Crippen molar-refractivity contribution in [3.8, 4) is 22.7 Å². The van der Waals surface area contributed by atoms with Crippen LogP contribution in [-0.2, 0) is 17.7 Å².